The third-order valence-electron chi connectivity index (χ3n) is 2.59. The molecule has 1 aromatic carbocycles. The number of benzene rings is 1. The number of anilines is 1. The number of carbonyl (C=O) groups excluding carboxylic acids is 1. The Morgan fingerprint density at radius 2 is 2.18 bits per heavy atom. The third kappa shape index (κ3) is 3.54. The molecule has 0 spiro atoms. The molecule has 1 aromatic heterocycles. The van der Waals surface area contributed by atoms with E-state index in [0.29, 0.717) is 11.6 Å². The van der Waals surface area contributed by atoms with Crippen LogP contribution in [0.4, 0.5) is 10.8 Å². The number of methoxy groups -OCH3 is 2. The molecule has 9 nitrogen and oxygen atoms in total. The Balaban J connectivity index is 2.18. The van der Waals surface area contributed by atoms with Crippen LogP contribution < -0.4 is 10.1 Å². The van der Waals surface area contributed by atoms with Gasteiger partial charge in [-0.3, -0.25) is 20.2 Å². The zero-order valence-corrected chi connectivity index (χ0v) is 12.5. The Morgan fingerprint density at radius 1 is 1.41 bits per heavy atom. The van der Waals surface area contributed by atoms with Crippen LogP contribution in [0.15, 0.2) is 18.2 Å². The van der Waals surface area contributed by atoms with Gasteiger partial charge in [0.1, 0.15) is 11.6 Å². The van der Waals surface area contributed by atoms with Gasteiger partial charge >= 0.3 is 5.69 Å². The fourth-order valence-corrected chi connectivity index (χ4v) is 2.34. The first-order valence-corrected chi connectivity index (χ1v) is 6.82. The van der Waals surface area contributed by atoms with Crippen LogP contribution in [0.2, 0.25) is 0 Å². The smallest absolute Gasteiger partial charge is 0.311 e. The lowest BCUT2D eigenvalue weighted by atomic mass is 10.2. The molecule has 10 heteroatoms. The first-order valence-electron chi connectivity index (χ1n) is 6.00. The van der Waals surface area contributed by atoms with Crippen molar-refractivity contribution in [2.24, 2.45) is 0 Å². The molecular weight excluding hydrogens is 312 g/mol. The summed E-state index contributed by atoms with van der Waals surface area (Å²) in [6.07, 6.45) is 0. The number of nitro benzene ring substituents is 1. The molecule has 0 radical (unpaired) electrons. The van der Waals surface area contributed by atoms with Crippen LogP contribution in [0.5, 0.6) is 5.75 Å². The highest BCUT2D eigenvalue weighted by Crippen LogP contribution is 2.28. The second kappa shape index (κ2) is 6.91. The monoisotopic (exact) mass is 324 g/mol. The molecule has 0 saturated carbocycles. The maximum Gasteiger partial charge on any atom is 0.311 e. The maximum atomic E-state index is 12.1. The van der Waals surface area contributed by atoms with Gasteiger partial charge in [-0.05, 0) is 12.1 Å². The second-order valence-corrected chi connectivity index (χ2v) is 5.09. The van der Waals surface area contributed by atoms with Crippen molar-refractivity contribution in [3.05, 3.63) is 38.9 Å². The van der Waals surface area contributed by atoms with Crippen LogP contribution in [0.25, 0.3) is 0 Å². The van der Waals surface area contributed by atoms with E-state index < -0.39 is 10.8 Å². The van der Waals surface area contributed by atoms with Crippen molar-refractivity contribution < 1.29 is 19.2 Å². The van der Waals surface area contributed by atoms with Crippen molar-refractivity contribution in [1.82, 2.24) is 10.2 Å². The van der Waals surface area contributed by atoms with E-state index >= 15 is 0 Å². The number of amides is 1. The zero-order valence-electron chi connectivity index (χ0n) is 11.7. The summed E-state index contributed by atoms with van der Waals surface area (Å²) in [7, 11) is 2.84. The van der Waals surface area contributed by atoms with Crippen LogP contribution in [0.3, 0.4) is 0 Å². The van der Waals surface area contributed by atoms with Crippen LogP contribution in [0, 0.1) is 10.1 Å². The van der Waals surface area contributed by atoms with Crippen molar-refractivity contribution in [2.45, 2.75) is 6.61 Å². The summed E-state index contributed by atoms with van der Waals surface area (Å²) in [6.45, 7) is 0.293. The highest BCUT2D eigenvalue weighted by Gasteiger charge is 2.19. The molecule has 2 rings (SSSR count). The van der Waals surface area contributed by atoms with E-state index in [4.69, 9.17) is 9.47 Å². The van der Waals surface area contributed by atoms with E-state index in [2.05, 4.69) is 15.5 Å². The average molecular weight is 324 g/mol. The number of carbonyl (C=O) groups is 1. The summed E-state index contributed by atoms with van der Waals surface area (Å²) in [5.74, 6) is -0.439. The lowest BCUT2D eigenvalue weighted by Gasteiger charge is -2.04. The summed E-state index contributed by atoms with van der Waals surface area (Å²) in [4.78, 5) is 22.4. The van der Waals surface area contributed by atoms with Crippen molar-refractivity contribution in [3.63, 3.8) is 0 Å². The molecule has 0 saturated heterocycles. The number of ether oxygens (including phenoxy) is 2. The quantitative estimate of drug-likeness (QED) is 0.636. The number of nitrogens with one attached hydrogen (secondary N) is 1. The SMILES string of the molecule is COCc1nnc(NC(=O)c2ccc(OC)c([N+](=O)[O-])c2)s1. The molecule has 0 fully saturated rings. The van der Waals surface area contributed by atoms with E-state index in [9.17, 15) is 14.9 Å². The van der Waals surface area contributed by atoms with Crippen LogP contribution in [-0.2, 0) is 11.3 Å². The Hall–Kier alpha value is -2.59. The molecule has 0 aliphatic rings. The molecule has 0 bridgehead atoms. The Kier molecular flexibility index (Phi) is 4.96. The summed E-state index contributed by atoms with van der Waals surface area (Å²) < 4.78 is 9.79. The molecule has 0 unspecified atom stereocenters. The zero-order chi connectivity index (χ0) is 16.1. The minimum atomic E-state index is -0.614. The fourth-order valence-electron chi connectivity index (χ4n) is 1.63. The van der Waals surface area contributed by atoms with Crippen LogP contribution in [0.1, 0.15) is 15.4 Å². The van der Waals surface area contributed by atoms with Gasteiger partial charge in [0.05, 0.1) is 12.0 Å². The van der Waals surface area contributed by atoms with Gasteiger partial charge in [0.2, 0.25) is 5.13 Å². The minimum absolute atomic E-state index is 0.0832. The average Bonchev–Trinajstić information content (AvgIpc) is 2.94. The van der Waals surface area contributed by atoms with E-state index in [-0.39, 0.29) is 22.1 Å². The van der Waals surface area contributed by atoms with Gasteiger partial charge in [-0.2, -0.15) is 0 Å². The molecule has 0 atom stereocenters. The van der Waals surface area contributed by atoms with Gasteiger partial charge in [0, 0.05) is 18.7 Å². The normalized spacial score (nSPS) is 10.3. The Morgan fingerprint density at radius 3 is 2.82 bits per heavy atom. The van der Waals surface area contributed by atoms with Crippen molar-refractivity contribution in [1.29, 1.82) is 0 Å². The van der Waals surface area contributed by atoms with Gasteiger partial charge in [-0.1, -0.05) is 11.3 Å². The summed E-state index contributed by atoms with van der Waals surface area (Å²) in [6, 6.07) is 3.94. The minimum Gasteiger partial charge on any atom is -0.490 e. The van der Waals surface area contributed by atoms with Crippen LogP contribution in [-0.4, -0.2) is 35.2 Å². The topological polar surface area (TPSA) is 116 Å². The van der Waals surface area contributed by atoms with Crippen molar-refractivity contribution >= 4 is 28.1 Å². The number of hydrogen-bond acceptors (Lipinski definition) is 8. The number of aromatic nitrogens is 2. The van der Waals surface area contributed by atoms with E-state index in [1.165, 1.54) is 26.4 Å². The molecule has 2 aromatic rings. The highest BCUT2D eigenvalue weighted by molar-refractivity contribution is 7.15. The van der Waals surface area contributed by atoms with Gasteiger partial charge in [-0.25, -0.2) is 0 Å². The van der Waals surface area contributed by atoms with E-state index in [1.807, 2.05) is 0 Å². The number of hydrogen-bond donors (Lipinski definition) is 1. The first-order chi connectivity index (χ1) is 10.5. The summed E-state index contributed by atoms with van der Waals surface area (Å²) in [5, 5.41) is 22.0. The number of rotatable bonds is 6. The molecule has 0 aliphatic carbocycles. The summed E-state index contributed by atoms with van der Waals surface area (Å²) in [5.41, 5.74) is -0.163. The molecule has 116 valence electrons. The molecule has 22 heavy (non-hydrogen) atoms. The lowest BCUT2D eigenvalue weighted by molar-refractivity contribution is -0.385. The highest BCUT2D eigenvalue weighted by atomic mass is 32.1. The molecular formula is C12H12N4O5S. The predicted molar refractivity (Wildman–Crippen MR) is 78.2 cm³/mol. The Labute approximate surface area is 129 Å². The maximum absolute atomic E-state index is 12.1. The van der Waals surface area contributed by atoms with Crippen molar-refractivity contribution in [2.75, 3.05) is 19.5 Å². The lowest BCUT2D eigenvalue weighted by Crippen LogP contribution is -2.12. The van der Waals surface area contributed by atoms with Gasteiger partial charge < -0.3 is 9.47 Å². The fraction of sp³-hybridized carbons (Fsp3) is 0.250. The predicted octanol–water partition coefficient (Wildman–Crippen LogP) is 1.85. The standard InChI is InChI=1S/C12H12N4O5S/c1-20-6-10-14-15-12(22-10)13-11(17)7-3-4-9(21-2)8(5-7)16(18)19/h3-5H,6H2,1-2H3,(H,13,15,17). The van der Waals surface area contributed by atoms with Crippen molar-refractivity contribution in [3.8, 4) is 5.75 Å². The van der Waals surface area contributed by atoms with Gasteiger partial charge in [0.15, 0.2) is 5.75 Å². The van der Waals surface area contributed by atoms with Crippen LogP contribution >= 0.6 is 11.3 Å². The summed E-state index contributed by atoms with van der Waals surface area (Å²) >= 11 is 1.16. The van der Waals surface area contributed by atoms with E-state index in [0.717, 1.165) is 17.4 Å². The molecule has 1 amide bonds. The molecule has 1 N–H and O–H groups in total. The first kappa shape index (κ1) is 15.8. The number of nitrogens with zero attached hydrogens (tertiary/aromatic N) is 3. The third-order valence-corrected chi connectivity index (χ3v) is 3.41. The Bertz CT molecular complexity index is 703. The van der Waals surface area contributed by atoms with E-state index in [1.54, 1.807) is 0 Å². The second-order valence-electron chi connectivity index (χ2n) is 4.03. The molecule has 1 heterocycles. The van der Waals surface area contributed by atoms with Gasteiger partial charge in [0.25, 0.3) is 5.91 Å². The molecule has 0 aliphatic heterocycles. The number of nitro groups is 1. The van der Waals surface area contributed by atoms with Gasteiger partial charge in [-0.15, -0.1) is 10.2 Å². The largest absolute Gasteiger partial charge is 0.490 e.